The summed E-state index contributed by atoms with van der Waals surface area (Å²) in [6.45, 7) is 2.14. The predicted octanol–water partition coefficient (Wildman–Crippen LogP) is 0.854. The molecule has 3 N–H and O–H groups in total. The zero-order chi connectivity index (χ0) is 17.0. The Morgan fingerprint density at radius 2 is 1.74 bits per heavy atom. The summed E-state index contributed by atoms with van der Waals surface area (Å²) >= 11 is 0. The molecule has 0 radical (unpaired) electrons. The highest BCUT2D eigenvalue weighted by Gasteiger charge is 2.31. The van der Waals surface area contributed by atoms with Gasteiger partial charge in [-0.2, -0.15) is 0 Å². The van der Waals surface area contributed by atoms with Crippen molar-refractivity contribution in [3.05, 3.63) is 0 Å². The molecule has 2 saturated carbocycles. The maximum absolute atomic E-state index is 12.1. The van der Waals surface area contributed by atoms with Crippen LogP contribution in [0.15, 0.2) is 0 Å². The normalized spacial score (nSPS) is 26.5. The molecular weight excluding hydrogens is 320 g/mol. The number of carbonyl (C=O) groups excluding carboxylic acids is 1. The first-order valence-electron chi connectivity index (χ1n) is 8.27. The summed E-state index contributed by atoms with van der Waals surface area (Å²) in [6.07, 6.45) is 5.82. The molecule has 2 aliphatic rings. The van der Waals surface area contributed by atoms with Gasteiger partial charge in [0.15, 0.2) is 0 Å². The molecule has 2 fully saturated rings. The Hall–Kier alpha value is -1.15. The summed E-state index contributed by atoms with van der Waals surface area (Å²) in [4.78, 5) is 23.0. The van der Waals surface area contributed by atoms with E-state index in [9.17, 15) is 18.0 Å². The van der Waals surface area contributed by atoms with Crippen LogP contribution in [-0.4, -0.2) is 43.2 Å². The van der Waals surface area contributed by atoms with E-state index in [1.807, 2.05) is 0 Å². The molecule has 0 aliphatic heterocycles. The number of rotatable bonds is 8. The zero-order valence-electron chi connectivity index (χ0n) is 13.5. The fourth-order valence-corrected chi connectivity index (χ4v) is 4.25. The first kappa shape index (κ1) is 18.2. The molecule has 1 atom stereocenters. The Balaban J connectivity index is 1.81. The molecule has 1 unspecified atom stereocenters. The van der Waals surface area contributed by atoms with Crippen LogP contribution in [-0.2, 0) is 19.6 Å². The Labute approximate surface area is 137 Å². The molecular formula is C15H26N2O5S. The molecule has 132 valence electrons. The van der Waals surface area contributed by atoms with Crippen molar-refractivity contribution in [1.82, 2.24) is 10.0 Å². The van der Waals surface area contributed by atoms with E-state index in [0.29, 0.717) is 18.3 Å². The molecule has 0 saturated heterocycles. The number of carbonyl (C=O) groups is 2. The molecule has 0 spiro atoms. The Morgan fingerprint density at radius 1 is 1.13 bits per heavy atom. The number of hydrogen-bond donors (Lipinski definition) is 3. The van der Waals surface area contributed by atoms with Crippen LogP contribution < -0.4 is 10.0 Å². The van der Waals surface area contributed by atoms with E-state index in [4.69, 9.17) is 5.11 Å². The average molecular weight is 346 g/mol. The molecule has 0 heterocycles. The summed E-state index contributed by atoms with van der Waals surface area (Å²) in [5, 5.41) is 11.4. The van der Waals surface area contributed by atoms with Crippen LogP contribution in [0, 0.1) is 11.8 Å². The monoisotopic (exact) mass is 346 g/mol. The third kappa shape index (κ3) is 6.47. The van der Waals surface area contributed by atoms with Gasteiger partial charge in [-0.05, 0) is 43.9 Å². The maximum Gasteiger partial charge on any atom is 0.326 e. The fraction of sp³-hybridized carbons (Fsp3) is 0.867. The van der Waals surface area contributed by atoms with Gasteiger partial charge in [-0.15, -0.1) is 0 Å². The number of hydrogen-bond acceptors (Lipinski definition) is 4. The summed E-state index contributed by atoms with van der Waals surface area (Å²) < 4.78 is 26.7. The van der Waals surface area contributed by atoms with Crippen LogP contribution in [0.5, 0.6) is 0 Å². The molecule has 2 aliphatic carbocycles. The standard InChI is InChI=1S/C15H26N2O5S/c1-10-2-6-12(7-3-10)17-23(21,22)9-14(18)16-13(15(19)20)8-11-4-5-11/h10-13,17H,2-9H2,1H3,(H,16,18)(H,19,20). The molecule has 7 nitrogen and oxygen atoms in total. The zero-order valence-corrected chi connectivity index (χ0v) is 14.3. The highest BCUT2D eigenvalue weighted by molar-refractivity contribution is 7.90. The summed E-state index contributed by atoms with van der Waals surface area (Å²) in [5.74, 6) is -1.65. The van der Waals surface area contributed by atoms with Crippen LogP contribution in [0.3, 0.4) is 0 Å². The topological polar surface area (TPSA) is 113 Å². The molecule has 0 aromatic carbocycles. The van der Waals surface area contributed by atoms with Gasteiger partial charge in [0.1, 0.15) is 11.8 Å². The molecule has 0 aromatic heterocycles. The van der Waals surface area contributed by atoms with Gasteiger partial charge < -0.3 is 10.4 Å². The first-order valence-corrected chi connectivity index (χ1v) is 9.92. The minimum absolute atomic E-state index is 0.120. The van der Waals surface area contributed by atoms with E-state index in [1.54, 1.807) is 0 Å². The van der Waals surface area contributed by atoms with E-state index in [1.165, 1.54) is 0 Å². The lowest BCUT2D eigenvalue weighted by atomic mass is 9.88. The summed E-state index contributed by atoms with van der Waals surface area (Å²) in [5.41, 5.74) is 0. The predicted molar refractivity (Wildman–Crippen MR) is 85.3 cm³/mol. The summed E-state index contributed by atoms with van der Waals surface area (Å²) in [6, 6.07) is -1.12. The quantitative estimate of drug-likeness (QED) is 0.603. The Bertz CT molecular complexity index is 536. The minimum Gasteiger partial charge on any atom is -0.480 e. The minimum atomic E-state index is -3.74. The first-order chi connectivity index (χ1) is 10.7. The number of sulfonamides is 1. The van der Waals surface area contributed by atoms with E-state index in [-0.39, 0.29) is 6.04 Å². The van der Waals surface area contributed by atoms with Crippen LogP contribution in [0.25, 0.3) is 0 Å². The Morgan fingerprint density at radius 3 is 2.26 bits per heavy atom. The lowest BCUT2D eigenvalue weighted by Gasteiger charge is -2.26. The second kappa shape index (κ2) is 7.61. The van der Waals surface area contributed by atoms with Crippen molar-refractivity contribution in [2.75, 3.05) is 5.75 Å². The SMILES string of the molecule is CC1CCC(NS(=O)(=O)CC(=O)NC(CC2CC2)C(=O)O)CC1. The van der Waals surface area contributed by atoms with Gasteiger partial charge in [0.05, 0.1) is 0 Å². The van der Waals surface area contributed by atoms with Gasteiger partial charge in [-0.3, -0.25) is 4.79 Å². The third-order valence-corrected chi connectivity index (χ3v) is 5.92. The molecule has 0 aromatic rings. The fourth-order valence-electron chi connectivity index (χ4n) is 2.99. The highest BCUT2D eigenvalue weighted by atomic mass is 32.2. The lowest BCUT2D eigenvalue weighted by molar-refractivity contribution is -0.141. The van der Waals surface area contributed by atoms with Crippen molar-refractivity contribution in [3.63, 3.8) is 0 Å². The van der Waals surface area contributed by atoms with Crippen LogP contribution in [0.4, 0.5) is 0 Å². The van der Waals surface area contributed by atoms with Gasteiger partial charge in [-0.25, -0.2) is 17.9 Å². The second-order valence-corrected chi connectivity index (χ2v) is 8.73. The number of amides is 1. The van der Waals surface area contributed by atoms with Crippen molar-refractivity contribution < 1.29 is 23.1 Å². The van der Waals surface area contributed by atoms with Gasteiger partial charge in [0.2, 0.25) is 15.9 Å². The van der Waals surface area contributed by atoms with Gasteiger partial charge in [0, 0.05) is 6.04 Å². The molecule has 8 heteroatoms. The molecule has 1 amide bonds. The van der Waals surface area contributed by atoms with Crippen molar-refractivity contribution in [1.29, 1.82) is 0 Å². The summed E-state index contributed by atoms with van der Waals surface area (Å²) in [7, 11) is -3.74. The van der Waals surface area contributed by atoms with Crippen LogP contribution in [0.1, 0.15) is 51.9 Å². The van der Waals surface area contributed by atoms with Crippen LogP contribution >= 0.6 is 0 Å². The van der Waals surface area contributed by atoms with Crippen molar-refractivity contribution in [2.24, 2.45) is 11.8 Å². The van der Waals surface area contributed by atoms with Crippen molar-refractivity contribution in [2.45, 2.75) is 64.0 Å². The molecule has 23 heavy (non-hydrogen) atoms. The number of aliphatic carboxylic acids is 1. The van der Waals surface area contributed by atoms with Crippen molar-refractivity contribution in [3.8, 4) is 0 Å². The molecule has 2 rings (SSSR count). The Kier molecular flexibility index (Phi) is 6.02. The van der Waals surface area contributed by atoms with E-state index in [0.717, 1.165) is 38.5 Å². The third-order valence-electron chi connectivity index (χ3n) is 4.58. The lowest BCUT2D eigenvalue weighted by Crippen LogP contribution is -2.47. The van der Waals surface area contributed by atoms with Crippen molar-refractivity contribution >= 4 is 21.9 Å². The highest BCUT2D eigenvalue weighted by Crippen LogP contribution is 2.33. The smallest absolute Gasteiger partial charge is 0.326 e. The van der Waals surface area contributed by atoms with Crippen LogP contribution in [0.2, 0.25) is 0 Å². The molecule has 0 bridgehead atoms. The van der Waals surface area contributed by atoms with Gasteiger partial charge >= 0.3 is 5.97 Å². The van der Waals surface area contributed by atoms with E-state index >= 15 is 0 Å². The largest absolute Gasteiger partial charge is 0.480 e. The second-order valence-electron chi connectivity index (χ2n) is 6.97. The maximum atomic E-state index is 12.1. The van der Waals surface area contributed by atoms with E-state index in [2.05, 4.69) is 17.0 Å². The number of carboxylic acid groups (broad SMARTS) is 1. The van der Waals surface area contributed by atoms with Gasteiger partial charge in [0.25, 0.3) is 0 Å². The number of carboxylic acids is 1. The van der Waals surface area contributed by atoms with E-state index < -0.39 is 33.7 Å². The van der Waals surface area contributed by atoms with Gasteiger partial charge in [-0.1, -0.05) is 19.8 Å². The average Bonchev–Trinajstić information content (AvgIpc) is 3.23. The number of nitrogens with one attached hydrogen (secondary N) is 2.